The van der Waals surface area contributed by atoms with E-state index in [4.69, 9.17) is 0 Å². The number of benzene rings is 2. The number of aryl methyl sites for hydroxylation is 2. The fourth-order valence-electron chi connectivity index (χ4n) is 3.88. The van der Waals surface area contributed by atoms with Crippen molar-refractivity contribution in [3.05, 3.63) is 83.2 Å². The van der Waals surface area contributed by atoms with Gasteiger partial charge in [0, 0.05) is 17.6 Å². The Morgan fingerprint density at radius 1 is 1.07 bits per heavy atom. The second-order valence-corrected chi connectivity index (χ2v) is 7.21. The molecule has 0 radical (unpaired) electrons. The Morgan fingerprint density at radius 3 is 2.67 bits per heavy atom. The van der Waals surface area contributed by atoms with Gasteiger partial charge in [-0.05, 0) is 67.3 Å². The van der Waals surface area contributed by atoms with E-state index >= 15 is 0 Å². The van der Waals surface area contributed by atoms with Crippen LogP contribution in [0.3, 0.4) is 0 Å². The Labute approximate surface area is 160 Å². The zero-order valence-electron chi connectivity index (χ0n) is 16.1. The maximum atomic E-state index is 13.2. The molecular weight excluding hydrogens is 334 g/mol. The van der Waals surface area contributed by atoms with Gasteiger partial charge in [0.15, 0.2) is 0 Å². The van der Waals surface area contributed by atoms with Gasteiger partial charge in [0.05, 0.1) is 18.3 Å². The van der Waals surface area contributed by atoms with Crippen molar-refractivity contribution in [1.82, 2.24) is 9.47 Å². The Bertz CT molecular complexity index is 989. The minimum Gasteiger partial charge on any atom is -0.318 e. The number of urea groups is 1. The maximum absolute atomic E-state index is 13.2. The average molecular weight is 359 g/mol. The third-order valence-electron chi connectivity index (χ3n) is 5.50. The Hall–Kier alpha value is -3.01. The highest BCUT2D eigenvalue weighted by atomic mass is 16.2. The zero-order valence-corrected chi connectivity index (χ0v) is 16.1. The summed E-state index contributed by atoms with van der Waals surface area (Å²) in [6.07, 6.45) is 2.94. The summed E-state index contributed by atoms with van der Waals surface area (Å²) in [5.41, 5.74) is 6.69. The molecule has 3 aromatic rings. The maximum Gasteiger partial charge on any atom is 0.322 e. The number of rotatable bonds is 2. The second kappa shape index (κ2) is 6.95. The predicted molar refractivity (Wildman–Crippen MR) is 109 cm³/mol. The van der Waals surface area contributed by atoms with Crippen LogP contribution in [0.4, 0.5) is 10.5 Å². The Balaban J connectivity index is 1.71. The van der Waals surface area contributed by atoms with Gasteiger partial charge in [-0.3, -0.25) is 0 Å². The third kappa shape index (κ3) is 3.12. The van der Waals surface area contributed by atoms with Gasteiger partial charge in [-0.15, -0.1) is 0 Å². The molecule has 4 nitrogen and oxygen atoms in total. The number of hydrogen-bond donors (Lipinski definition) is 1. The highest BCUT2D eigenvalue weighted by molar-refractivity contribution is 5.90. The molecule has 0 aliphatic carbocycles. The van der Waals surface area contributed by atoms with Crippen molar-refractivity contribution in [2.24, 2.45) is 0 Å². The van der Waals surface area contributed by atoms with Gasteiger partial charge in [-0.1, -0.05) is 31.2 Å². The number of aromatic nitrogens is 1. The van der Waals surface area contributed by atoms with Crippen molar-refractivity contribution >= 4 is 11.7 Å². The summed E-state index contributed by atoms with van der Waals surface area (Å²) in [6, 6.07) is 18.5. The molecule has 0 bridgehead atoms. The number of fused-ring (bicyclic) bond motifs is 3. The molecule has 0 unspecified atom stereocenters. The zero-order chi connectivity index (χ0) is 19.0. The molecule has 0 saturated heterocycles. The van der Waals surface area contributed by atoms with Crippen LogP contribution in [-0.4, -0.2) is 15.5 Å². The number of nitrogens with zero attached hydrogens (tertiary/aromatic N) is 2. The normalized spacial score (nSPS) is 15.7. The summed E-state index contributed by atoms with van der Waals surface area (Å²) in [5, 5.41) is 3.10. The standard InChI is InChI=1S/C23H25N3O/c1-4-20-22-10-7-13-25(22)21-9-6-5-8-18(21)15-26(20)23(27)24-19-12-11-16(2)17(3)14-19/h5-14,20H,4,15H2,1-3H3,(H,24,27)/t20-/m0/s1. The van der Waals surface area contributed by atoms with Crippen LogP contribution >= 0.6 is 0 Å². The minimum atomic E-state index is -0.0606. The average Bonchev–Trinajstić information content (AvgIpc) is 3.09. The number of carbonyl (C=O) groups excluding carboxylic acids is 1. The summed E-state index contributed by atoms with van der Waals surface area (Å²) < 4.78 is 2.22. The van der Waals surface area contributed by atoms with E-state index in [1.165, 1.54) is 11.1 Å². The van der Waals surface area contributed by atoms with Gasteiger partial charge < -0.3 is 14.8 Å². The summed E-state index contributed by atoms with van der Waals surface area (Å²) in [6.45, 7) is 6.87. The first kappa shape index (κ1) is 17.4. The Morgan fingerprint density at radius 2 is 1.89 bits per heavy atom. The monoisotopic (exact) mass is 359 g/mol. The molecule has 27 heavy (non-hydrogen) atoms. The molecule has 0 saturated carbocycles. The topological polar surface area (TPSA) is 37.3 Å². The molecule has 2 heterocycles. The first-order valence-electron chi connectivity index (χ1n) is 9.49. The summed E-state index contributed by atoms with van der Waals surface area (Å²) in [4.78, 5) is 15.2. The van der Waals surface area contributed by atoms with E-state index in [1.54, 1.807) is 0 Å². The highest BCUT2D eigenvalue weighted by Gasteiger charge is 2.30. The van der Waals surface area contributed by atoms with Crippen LogP contribution in [0.5, 0.6) is 0 Å². The molecule has 1 aliphatic rings. The van der Waals surface area contributed by atoms with Gasteiger partial charge >= 0.3 is 6.03 Å². The predicted octanol–water partition coefficient (Wildman–Crippen LogP) is 5.59. The van der Waals surface area contributed by atoms with E-state index in [0.717, 1.165) is 29.1 Å². The van der Waals surface area contributed by atoms with E-state index in [9.17, 15) is 4.79 Å². The molecule has 138 valence electrons. The van der Waals surface area contributed by atoms with Gasteiger partial charge in [-0.25, -0.2) is 4.79 Å². The van der Waals surface area contributed by atoms with Gasteiger partial charge in [0.2, 0.25) is 0 Å². The molecule has 1 N–H and O–H groups in total. The van der Waals surface area contributed by atoms with Crippen molar-refractivity contribution in [3.8, 4) is 5.69 Å². The van der Waals surface area contributed by atoms with Crippen molar-refractivity contribution in [3.63, 3.8) is 0 Å². The molecule has 2 aromatic carbocycles. The van der Waals surface area contributed by atoms with E-state index in [0.29, 0.717) is 6.54 Å². The first-order chi connectivity index (χ1) is 13.1. The molecule has 4 rings (SSSR count). The van der Waals surface area contributed by atoms with Crippen molar-refractivity contribution in [2.75, 3.05) is 5.32 Å². The molecule has 0 fully saturated rings. The largest absolute Gasteiger partial charge is 0.322 e. The molecule has 0 spiro atoms. The number of para-hydroxylation sites is 1. The quantitative estimate of drug-likeness (QED) is 0.636. The van der Waals surface area contributed by atoms with Crippen LogP contribution in [0.25, 0.3) is 5.69 Å². The number of amides is 2. The van der Waals surface area contributed by atoms with E-state index in [-0.39, 0.29) is 12.1 Å². The lowest BCUT2D eigenvalue weighted by atomic mass is 10.1. The van der Waals surface area contributed by atoms with Gasteiger partial charge in [-0.2, -0.15) is 0 Å². The minimum absolute atomic E-state index is 0.0268. The molecule has 1 aromatic heterocycles. The third-order valence-corrected chi connectivity index (χ3v) is 5.50. The van der Waals surface area contributed by atoms with Crippen molar-refractivity contribution in [1.29, 1.82) is 0 Å². The van der Waals surface area contributed by atoms with Crippen LogP contribution in [0.2, 0.25) is 0 Å². The number of nitrogens with one attached hydrogen (secondary N) is 1. The lowest BCUT2D eigenvalue weighted by molar-refractivity contribution is 0.181. The molecule has 2 amide bonds. The van der Waals surface area contributed by atoms with Crippen LogP contribution in [0.1, 0.15) is 41.8 Å². The molecular formula is C23H25N3O. The number of hydrogen-bond acceptors (Lipinski definition) is 1. The lowest BCUT2D eigenvalue weighted by Crippen LogP contribution is -2.37. The van der Waals surface area contributed by atoms with Crippen LogP contribution in [0.15, 0.2) is 60.8 Å². The fraction of sp³-hybridized carbons (Fsp3) is 0.261. The van der Waals surface area contributed by atoms with E-state index < -0.39 is 0 Å². The van der Waals surface area contributed by atoms with Crippen LogP contribution in [-0.2, 0) is 6.54 Å². The summed E-state index contributed by atoms with van der Waals surface area (Å²) in [5.74, 6) is 0. The van der Waals surface area contributed by atoms with E-state index in [2.05, 4.69) is 61.1 Å². The summed E-state index contributed by atoms with van der Waals surface area (Å²) >= 11 is 0. The van der Waals surface area contributed by atoms with E-state index in [1.807, 2.05) is 35.2 Å². The van der Waals surface area contributed by atoms with Crippen LogP contribution < -0.4 is 5.32 Å². The van der Waals surface area contributed by atoms with Crippen LogP contribution in [0, 0.1) is 13.8 Å². The van der Waals surface area contributed by atoms with Crippen molar-refractivity contribution in [2.45, 2.75) is 39.8 Å². The number of anilines is 1. The lowest BCUT2D eigenvalue weighted by Gasteiger charge is -2.30. The second-order valence-electron chi connectivity index (χ2n) is 7.21. The van der Waals surface area contributed by atoms with Gasteiger partial charge in [0.1, 0.15) is 0 Å². The molecule has 4 heteroatoms. The SMILES string of the molecule is CC[C@H]1c2cccn2-c2ccccc2CN1C(=O)Nc1ccc(C)c(C)c1. The summed E-state index contributed by atoms with van der Waals surface area (Å²) in [7, 11) is 0. The van der Waals surface area contributed by atoms with Gasteiger partial charge in [0.25, 0.3) is 0 Å². The molecule has 1 aliphatic heterocycles. The fourth-order valence-corrected chi connectivity index (χ4v) is 3.88. The van der Waals surface area contributed by atoms with Crippen molar-refractivity contribution < 1.29 is 4.79 Å². The molecule has 1 atom stereocenters. The smallest absolute Gasteiger partial charge is 0.318 e. The first-order valence-corrected chi connectivity index (χ1v) is 9.49. The highest BCUT2D eigenvalue weighted by Crippen LogP contribution is 2.34. The number of carbonyl (C=O) groups is 1. The Kier molecular flexibility index (Phi) is 4.48.